The van der Waals surface area contributed by atoms with Crippen molar-refractivity contribution in [3.8, 4) is 22.0 Å². The fraction of sp³-hybridized carbons (Fsp3) is 0. The molecule has 3 aromatic rings. The minimum absolute atomic E-state index is 0.465. The summed E-state index contributed by atoms with van der Waals surface area (Å²) in [7, 11) is 0. The van der Waals surface area contributed by atoms with Gasteiger partial charge in [-0.1, -0.05) is 30.3 Å². The highest BCUT2D eigenvalue weighted by atomic mass is 32.1. The second-order valence-corrected chi connectivity index (χ2v) is 4.62. The largest absolute Gasteiger partial charge is 0.384 e. The van der Waals surface area contributed by atoms with Gasteiger partial charge in [-0.25, -0.2) is 9.97 Å². The lowest BCUT2D eigenvalue weighted by Crippen LogP contribution is -1.97. The molecule has 0 saturated heterocycles. The number of nitrogens with zero attached hydrogens (tertiary/aromatic N) is 3. The van der Waals surface area contributed by atoms with Crippen LogP contribution in [-0.2, 0) is 0 Å². The van der Waals surface area contributed by atoms with Crippen LogP contribution < -0.4 is 5.73 Å². The average Bonchev–Trinajstić information content (AvgIpc) is 2.93. The smallest absolute Gasteiger partial charge is 0.162 e. The van der Waals surface area contributed by atoms with Crippen molar-refractivity contribution < 1.29 is 0 Å². The van der Waals surface area contributed by atoms with Gasteiger partial charge >= 0.3 is 0 Å². The molecule has 2 N–H and O–H groups in total. The molecular weight excluding hydrogens is 244 g/mol. The lowest BCUT2D eigenvalue weighted by Gasteiger charge is -2.04. The highest BCUT2D eigenvalue weighted by Gasteiger charge is 2.07. The number of nitrogen functional groups attached to an aromatic ring is 1. The molecular formula is C13H10N4S. The molecule has 0 aliphatic carbocycles. The molecule has 0 atom stereocenters. The van der Waals surface area contributed by atoms with Crippen molar-refractivity contribution in [1.82, 2.24) is 15.0 Å². The standard InChI is InChI=1S/C13H10N4S/c14-12-6-10(11-7-15-8-18-11)16-13(17-12)9-4-2-1-3-5-9/h1-8H,(H2,14,16,17). The van der Waals surface area contributed by atoms with Gasteiger partial charge in [-0.2, -0.15) is 0 Å². The fourth-order valence-corrected chi connectivity index (χ4v) is 2.23. The van der Waals surface area contributed by atoms with Crippen molar-refractivity contribution in [1.29, 1.82) is 0 Å². The third-order valence-corrected chi connectivity index (χ3v) is 3.26. The Morgan fingerprint density at radius 2 is 1.89 bits per heavy atom. The van der Waals surface area contributed by atoms with Crippen LogP contribution in [0.5, 0.6) is 0 Å². The van der Waals surface area contributed by atoms with Crippen molar-refractivity contribution in [2.24, 2.45) is 0 Å². The monoisotopic (exact) mass is 254 g/mol. The quantitative estimate of drug-likeness (QED) is 0.763. The van der Waals surface area contributed by atoms with Crippen LogP contribution in [0.2, 0.25) is 0 Å². The third kappa shape index (κ3) is 2.08. The molecule has 1 aromatic carbocycles. The summed E-state index contributed by atoms with van der Waals surface area (Å²) in [5.74, 6) is 1.10. The maximum atomic E-state index is 5.84. The van der Waals surface area contributed by atoms with Gasteiger partial charge in [0.25, 0.3) is 0 Å². The van der Waals surface area contributed by atoms with Crippen LogP contribution in [0.1, 0.15) is 0 Å². The van der Waals surface area contributed by atoms with E-state index in [1.807, 2.05) is 30.3 Å². The van der Waals surface area contributed by atoms with Gasteiger partial charge in [0, 0.05) is 17.8 Å². The Bertz CT molecular complexity index is 650. The Labute approximate surface area is 108 Å². The van der Waals surface area contributed by atoms with Gasteiger partial charge in [0.05, 0.1) is 16.1 Å². The van der Waals surface area contributed by atoms with Crippen LogP contribution in [0.3, 0.4) is 0 Å². The molecule has 88 valence electrons. The molecule has 0 fully saturated rings. The van der Waals surface area contributed by atoms with Gasteiger partial charge in [-0.3, -0.25) is 4.98 Å². The number of rotatable bonds is 2. The van der Waals surface area contributed by atoms with Crippen LogP contribution in [-0.4, -0.2) is 15.0 Å². The second kappa shape index (κ2) is 4.54. The molecule has 0 amide bonds. The van der Waals surface area contributed by atoms with Crippen molar-refractivity contribution in [3.63, 3.8) is 0 Å². The summed E-state index contributed by atoms with van der Waals surface area (Å²) in [6, 6.07) is 11.6. The second-order valence-electron chi connectivity index (χ2n) is 3.73. The highest BCUT2D eigenvalue weighted by molar-refractivity contribution is 7.13. The number of hydrogen-bond acceptors (Lipinski definition) is 5. The minimum atomic E-state index is 0.465. The molecule has 0 bridgehead atoms. The number of benzene rings is 1. The van der Waals surface area contributed by atoms with E-state index in [9.17, 15) is 0 Å². The maximum Gasteiger partial charge on any atom is 0.162 e. The Kier molecular flexibility index (Phi) is 2.74. The average molecular weight is 254 g/mol. The first-order valence-electron chi connectivity index (χ1n) is 5.42. The predicted octanol–water partition coefficient (Wildman–Crippen LogP) is 2.85. The molecule has 18 heavy (non-hydrogen) atoms. The van der Waals surface area contributed by atoms with E-state index >= 15 is 0 Å². The first-order chi connectivity index (χ1) is 8.83. The van der Waals surface area contributed by atoms with E-state index in [4.69, 9.17) is 5.73 Å². The molecule has 3 rings (SSSR count). The summed E-state index contributed by atoms with van der Waals surface area (Å²) in [5.41, 5.74) is 9.37. The van der Waals surface area contributed by atoms with E-state index in [1.54, 1.807) is 17.8 Å². The van der Waals surface area contributed by atoms with Crippen molar-refractivity contribution in [2.75, 3.05) is 5.73 Å². The molecule has 0 aliphatic rings. The summed E-state index contributed by atoms with van der Waals surface area (Å²) in [4.78, 5) is 13.8. The first-order valence-corrected chi connectivity index (χ1v) is 6.30. The summed E-state index contributed by atoms with van der Waals surface area (Å²) in [6.45, 7) is 0. The number of aromatic nitrogens is 3. The molecule has 2 heterocycles. The summed E-state index contributed by atoms with van der Waals surface area (Å²) in [5, 5.41) is 0. The molecule has 0 spiro atoms. The third-order valence-electron chi connectivity index (χ3n) is 2.46. The van der Waals surface area contributed by atoms with Gasteiger partial charge in [-0.05, 0) is 0 Å². The molecule has 0 unspecified atom stereocenters. The van der Waals surface area contributed by atoms with Gasteiger partial charge in [0.15, 0.2) is 5.82 Å². The van der Waals surface area contributed by atoms with Crippen molar-refractivity contribution in [2.45, 2.75) is 0 Å². The summed E-state index contributed by atoms with van der Waals surface area (Å²) in [6.07, 6.45) is 1.78. The van der Waals surface area contributed by atoms with Gasteiger partial charge in [-0.15, -0.1) is 11.3 Å². The molecule has 0 aliphatic heterocycles. The SMILES string of the molecule is Nc1cc(-c2cncs2)nc(-c2ccccc2)n1. The van der Waals surface area contributed by atoms with E-state index in [0.29, 0.717) is 11.6 Å². The van der Waals surface area contributed by atoms with Crippen molar-refractivity contribution >= 4 is 17.2 Å². The normalized spacial score (nSPS) is 10.4. The molecule has 5 heteroatoms. The van der Waals surface area contributed by atoms with E-state index in [1.165, 1.54) is 11.3 Å². The molecule has 0 saturated carbocycles. The Morgan fingerprint density at radius 1 is 1.06 bits per heavy atom. The summed E-state index contributed by atoms with van der Waals surface area (Å²) >= 11 is 1.53. The van der Waals surface area contributed by atoms with E-state index in [2.05, 4.69) is 15.0 Å². The summed E-state index contributed by atoms with van der Waals surface area (Å²) < 4.78 is 0. The predicted molar refractivity (Wildman–Crippen MR) is 73.0 cm³/mol. The molecule has 0 radical (unpaired) electrons. The van der Waals surface area contributed by atoms with Crippen molar-refractivity contribution in [3.05, 3.63) is 48.1 Å². The van der Waals surface area contributed by atoms with Crippen LogP contribution in [0.4, 0.5) is 5.82 Å². The first kappa shape index (κ1) is 10.9. The Balaban J connectivity index is 2.12. The van der Waals surface area contributed by atoms with Gasteiger partial charge < -0.3 is 5.73 Å². The maximum absolute atomic E-state index is 5.84. The Morgan fingerprint density at radius 3 is 2.61 bits per heavy atom. The minimum Gasteiger partial charge on any atom is -0.384 e. The number of thiazole rings is 1. The molecule has 2 aromatic heterocycles. The number of nitrogens with two attached hydrogens (primary N) is 1. The Hall–Kier alpha value is -2.27. The lowest BCUT2D eigenvalue weighted by molar-refractivity contribution is 1.19. The van der Waals surface area contributed by atoms with Crippen LogP contribution >= 0.6 is 11.3 Å². The zero-order valence-corrected chi connectivity index (χ0v) is 10.3. The molecule has 4 nitrogen and oxygen atoms in total. The van der Waals surface area contributed by atoms with E-state index < -0.39 is 0 Å². The number of hydrogen-bond donors (Lipinski definition) is 1. The zero-order valence-electron chi connectivity index (χ0n) is 9.45. The highest BCUT2D eigenvalue weighted by Crippen LogP contribution is 2.25. The fourth-order valence-electron chi connectivity index (χ4n) is 1.65. The van der Waals surface area contributed by atoms with Crippen LogP contribution in [0.15, 0.2) is 48.1 Å². The van der Waals surface area contributed by atoms with Gasteiger partial charge in [0.1, 0.15) is 5.82 Å². The van der Waals surface area contributed by atoms with E-state index in [-0.39, 0.29) is 0 Å². The number of anilines is 1. The van der Waals surface area contributed by atoms with Crippen LogP contribution in [0.25, 0.3) is 22.0 Å². The van der Waals surface area contributed by atoms with Gasteiger partial charge in [0.2, 0.25) is 0 Å². The van der Waals surface area contributed by atoms with Crippen LogP contribution in [0, 0.1) is 0 Å². The zero-order chi connectivity index (χ0) is 12.4. The van der Waals surface area contributed by atoms with E-state index in [0.717, 1.165) is 16.1 Å². The lowest BCUT2D eigenvalue weighted by atomic mass is 10.2. The topological polar surface area (TPSA) is 64.7 Å².